The first-order valence-electron chi connectivity index (χ1n) is 7.97. The Morgan fingerprint density at radius 3 is 2.60 bits per heavy atom. The van der Waals surface area contributed by atoms with Gasteiger partial charge in [0.2, 0.25) is 0 Å². The molecule has 1 aliphatic heterocycles. The molecule has 4 nitrogen and oxygen atoms in total. The SMILES string of the molecule is CCC1(CC)CN(Cc2ccn(C)n2)C(C(C)C)CN1. The lowest BCUT2D eigenvalue weighted by Crippen LogP contribution is -2.64. The van der Waals surface area contributed by atoms with Crippen molar-refractivity contribution in [2.45, 2.75) is 58.7 Å². The van der Waals surface area contributed by atoms with Crippen molar-refractivity contribution in [3.63, 3.8) is 0 Å². The van der Waals surface area contributed by atoms with Crippen molar-refractivity contribution in [1.29, 1.82) is 0 Å². The summed E-state index contributed by atoms with van der Waals surface area (Å²) in [7, 11) is 1.99. The average molecular weight is 278 g/mol. The second kappa shape index (κ2) is 6.27. The van der Waals surface area contributed by atoms with Crippen molar-refractivity contribution in [3.05, 3.63) is 18.0 Å². The molecule has 0 aliphatic carbocycles. The lowest BCUT2D eigenvalue weighted by Gasteiger charge is -2.48. The smallest absolute Gasteiger partial charge is 0.0764 e. The van der Waals surface area contributed by atoms with Crippen molar-refractivity contribution >= 4 is 0 Å². The Kier molecular flexibility index (Phi) is 4.86. The van der Waals surface area contributed by atoms with E-state index in [0.29, 0.717) is 12.0 Å². The van der Waals surface area contributed by atoms with Gasteiger partial charge in [-0.3, -0.25) is 9.58 Å². The summed E-state index contributed by atoms with van der Waals surface area (Å²) in [6, 6.07) is 2.74. The third-order valence-electron chi connectivity index (χ3n) is 4.92. The molecule has 0 radical (unpaired) electrons. The van der Waals surface area contributed by atoms with E-state index >= 15 is 0 Å². The van der Waals surface area contributed by atoms with Gasteiger partial charge in [-0.05, 0) is 24.8 Å². The second-order valence-electron chi connectivity index (χ2n) is 6.57. The Bertz CT molecular complexity index is 420. The highest BCUT2D eigenvalue weighted by Gasteiger charge is 2.37. The minimum Gasteiger partial charge on any atom is -0.308 e. The number of nitrogens with zero attached hydrogens (tertiary/aromatic N) is 3. The van der Waals surface area contributed by atoms with Gasteiger partial charge in [0.1, 0.15) is 0 Å². The fraction of sp³-hybridized carbons (Fsp3) is 0.812. The zero-order chi connectivity index (χ0) is 14.8. The van der Waals surface area contributed by atoms with Crippen LogP contribution in [-0.2, 0) is 13.6 Å². The van der Waals surface area contributed by atoms with Crippen molar-refractivity contribution in [2.75, 3.05) is 13.1 Å². The van der Waals surface area contributed by atoms with Crippen LogP contribution in [0.2, 0.25) is 0 Å². The molecular weight excluding hydrogens is 248 g/mol. The molecule has 1 aliphatic rings. The largest absolute Gasteiger partial charge is 0.308 e. The molecule has 20 heavy (non-hydrogen) atoms. The van der Waals surface area contributed by atoms with Gasteiger partial charge in [0.05, 0.1) is 5.69 Å². The first kappa shape index (κ1) is 15.5. The fourth-order valence-corrected chi connectivity index (χ4v) is 3.32. The van der Waals surface area contributed by atoms with Gasteiger partial charge in [-0.2, -0.15) is 5.10 Å². The van der Waals surface area contributed by atoms with E-state index < -0.39 is 0 Å². The number of nitrogens with one attached hydrogen (secondary N) is 1. The monoisotopic (exact) mass is 278 g/mol. The van der Waals surface area contributed by atoms with Crippen LogP contribution in [-0.4, -0.2) is 39.4 Å². The van der Waals surface area contributed by atoms with Gasteiger partial charge in [-0.25, -0.2) is 0 Å². The molecule has 1 unspecified atom stereocenters. The molecule has 1 saturated heterocycles. The van der Waals surface area contributed by atoms with E-state index in [1.807, 2.05) is 17.9 Å². The molecule has 0 amide bonds. The summed E-state index contributed by atoms with van der Waals surface area (Å²) in [6.45, 7) is 12.4. The summed E-state index contributed by atoms with van der Waals surface area (Å²) >= 11 is 0. The van der Waals surface area contributed by atoms with Gasteiger partial charge in [0.15, 0.2) is 0 Å². The van der Waals surface area contributed by atoms with E-state index in [1.165, 1.54) is 18.5 Å². The highest BCUT2D eigenvalue weighted by molar-refractivity contribution is 5.03. The zero-order valence-corrected chi connectivity index (χ0v) is 13.7. The molecule has 2 rings (SSSR count). The Morgan fingerprint density at radius 2 is 2.10 bits per heavy atom. The molecule has 1 aromatic rings. The van der Waals surface area contributed by atoms with Crippen molar-refractivity contribution < 1.29 is 0 Å². The molecular formula is C16H30N4. The molecule has 1 atom stereocenters. The molecule has 2 heterocycles. The summed E-state index contributed by atoms with van der Waals surface area (Å²) in [6.07, 6.45) is 4.41. The van der Waals surface area contributed by atoms with Crippen LogP contribution in [0.1, 0.15) is 46.2 Å². The van der Waals surface area contributed by atoms with E-state index in [0.717, 1.165) is 19.6 Å². The van der Waals surface area contributed by atoms with E-state index in [4.69, 9.17) is 0 Å². The van der Waals surface area contributed by atoms with Crippen LogP contribution in [0.5, 0.6) is 0 Å². The molecule has 0 saturated carbocycles. The summed E-state index contributed by atoms with van der Waals surface area (Å²) in [4.78, 5) is 2.64. The maximum Gasteiger partial charge on any atom is 0.0764 e. The van der Waals surface area contributed by atoms with E-state index in [9.17, 15) is 0 Å². The van der Waals surface area contributed by atoms with Gasteiger partial charge < -0.3 is 5.32 Å². The molecule has 0 spiro atoms. The van der Waals surface area contributed by atoms with Crippen LogP contribution in [0, 0.1) is 5.92 Å². The number of piperazine rings is 1. The van der Waals surface area contributed by atoms with Gasteiger partial charge in [-0.1, -0.05) is 27.7 Å². The molecule has 1 aromatic heterocycles. The van der Waals surface area contributed by atoms with E-state index in [-0.39, 0.29) is 5.54 Å². The first-order chi connectivity index (χ1) is 9.49. The lowest BCUT2D eigenvalue weighted by molar-refractivity contribution is 0.0433. The third-order valence-corrected chi connectivity index (χ3v) is 4.92. The van der Waals surface area contributed by atoms with Crippen LogP contribution in [0.3, 0.4) is 0 Å². The number of aryl methyl sites for hydroxylation is 1. The van der Waals surface area contributed by atoms with Crippen molar-refractivity contribution in [3.8, 4) is 0 Å². The minimum absolute atomic E-state index is 0.278. The topological polar surface area (TPSA) is 33.1 Å². The number of rotatable bonds is 5. The molecule has 0 aromatic carbocycles. The Labute approximate surface area is 123 Å². The predicted octanol–water partition coefficient (Wildman–Crippen LogP) is 2.41. The van der Waals surface area contributed by atoms with E-state index in [2.05, 4.69) is 49.1 Å². The summed E-state index contributed by atoms with van der Waals surface area (Å²) in [5.74, 6) is 0.665. The minimum atomic E-state index is 0.278. The fourth-order valence-electron chi connectivity index (χ4n) is 3.32. The predicted molar refractivity (Wildman–Crippen MR) is 83.6 cm³/mol. The summed E-state index contributed by atoms with van der Waals surface area (Å²) in [5, 5.41) is 8.37. The highest BCUT2D eigenvalue weighted by Crippen LogP contribution is 2.26. The summed E-state index contributed by atoms with van der Waals surface area (Å²) < 4.78 is 1.90. The Hall–Kier alpha value is -0.870. The average Bonchev–Trinajstić information content (AvgIpc) is 2.83. The van der Waals surface area contributed by atoms with Crippen LogP contribution < -0.4 is 5.32 Å². The zero-order valence-electron chi connectivity index (χ0n) is 13.7. The maximum atomic E-state index is 4.55. The molecule has 1 fully saturated rings. The first-order valence-corrected chi connectivity index (χ1v) is 7.97. The van der Waals surface area contributed by atoms with Gasteiger partial charge in [-0.15, -0.1) is 0 Å². The van der Waals surface area contributed by atoms with Crippen molar-refractivity contribution in [2.24, 2.45) is 13.0 Å². The van der Waals surface area contributed by atoms with Crippen LogP contribution >= 0.6 is 0 Å². The Balaban J connectivity index is 2.14. The van der Waals surface area contributed by atoms with Gasteiger partial charge >= 0.3 is 0 Å². The molecule has 4 heteroatoms. The molecule has 114 valence electrons. The molecule has 1 N–H and O–H groups in total. The number of hydrogen-bond acceptors (Lipinski definition) is 3. The van der Waals surface area contributed by atoms with Gasteiger partial charge in [0.25, 0.3) is 0 Å². The number of hydrogen-bond donors (Lipinski definition) is 1. The molecule has 0 bridgehead atoms. The third kappa shape index (κ3) is 3.23. The number of aromatic nitrogens is 2. The van der Waals surface area contributed by atoms with Gasteiger partial charge in [0, 0.05) is 44.5 Å². The summed E-state index contributed by atoms with van der Waals surface area (Å²) in [5.41, 5.74) is 1.46. The highest BCUT2D eigenvalue weighted by atomic mass is 15.3. The van der Waals surface area contributed by atoms with Crippen LogP contribution in [0.15, 0.2) is 12.3 Å². The quantitative estimate of drug-likeness (QED) is 0.898. The van der Waals surface area contributed by atoms with Crippen molar-refractivity contribution in [1.82, 2.24) is 20.0 Å². The standard InChI is InChI=1S/C16H30N4/c1-6-16(7-2)12-20(15(10-17-16)13(3)4)11-14-8-9-19(5)18-14/h8-9,13,15,17H,6-7,10-12H2,1-5H3. The van der Waals surface area contributed by atoms with Crippen LogP contribution in [0.25, 0.3) is 0 Å². The van der Waals surface area contributed by atoms with Crippen LogP contribution in [0.4, 0.5) is 0 Å². The second-order valence-corrected chi connectivity index (χ2v) is 6.57. The van der Waals surface area contributed by atoms with E-state index in [1.54, 1.807) is 0 Å². The lowest BCUT2D eigenvalue weighted by atomic mass is 9.86. The normalized spacial score (nSPS) is 23.4. The Morgan fingerprint density at radius 1 is 1.40 bits per heavy atom. The maximum absolute atomic E-state index is 4.55.